The van der Waals surface area contributed by atoms with Crippen LogP contribution >= 0.6 is 15.9 Å². The molecule has 106 valence electrons. The second-order valence-corrected chi connectivity index (χ2v) is 7.44. The van der Waals surface area contributed by atoms with Gasteiger partial charge >= 0.3 is 0 Å². The Balaban J connectivity index is 1.51. The van der Waals surface area contributed by atoms with E-state index in [1.807, 2.05) is 6.92 Å². The molecule has 1 aromatic rings. The van der Waals surface area contributed by atoms with E-state index in [4.69, 9.17) is 0 Å². The second-order valence-electron chi connectivity index (χ2n) is 6.58. The number of nitrogens with one attached hydrogen (secondary N) is 1. The van der Waals surface area contributed by atoms with Crippen LogP contribution in [-0.4, -0.2) is 5.91 Å². The van der Waals surface area contributed by atoms with Gasteiger partial charge in [0.25, 0.3) is 0 Å². The van der Waals surface area contributed by atoms with Gasteiger partial charge in [-0.3, -0.25) is 4.79 Å². The Hall–Kier alpha value is -0.900. The van der Waals surface area contributed by atoms with Gasteiger partial charge in [0.15, 0.2) is 0 Å². The number of fused-ring (bicyclic) bond motifs is 5. The van der Waals surface area contributed by atoms with Crippen molar-refractivity contribution in [1.29, 1.82) is 0 Å². The molecule has 0 radical (unpaired) electrons. The molecule has 4 heteroatoms. The Bertz CT molecular complexity index is 586. The first kappa shape index (κ1) is 12.8. The van der Waals surface area contributed by atoms with Gasteiger partial charge in [0.1, 0.15) is 5.82 Å². The molecule has 1 amide bonds. The van der Waals surface area contributed by atoms with Crippen molar-refractivity contribution in [2.75, 3.05) is 5.32 Å². The molecule has 2 nitrogen and oxygen atoms in total. The maximum absolute atomic E-state index is 13.6. The summed E-state index contributed by atoms with van der Waals surface area (Å²) in [5, 5.41) is 2.94. The van der Waals surface area contributed by atoms with Crippen LogP contribution in [0.25, 0.3) is 0 Å². The molecule has 4 rings (SSSR count). The van der Waals surface area contributed by atoms with Crippen LogP contribution in [0.5, 0.6) is 0 Å². The fourth-order valence-corrected chi connectivity index (χ4v) is 5.13. The van der Waals surface area contributed by atoms with E-state index < -0.39 is 0 Å². The number of anilines is 1. The summed E-state index contributed by atoms with van der Waals surface area (Å²) in [5.41, 5.74) is 1.49. The van der Waals surface area contributed by atoms with Crippen molar-refractivity contribution < 1.29 is 9.18 Å². The van der Waals surface area contributed by atoms with Crippen LogP contribution in [0.4, 0.5) is 10.1 Å². The average Bonchev–Trinajstić information content (AvgIpc) is 2.85. The molecule has 1 N–H and O–H groups in total. The summed E-state index contributed by atoms with van der Waals surface area (Å²) in [6.45, 7) is 1.89. The molecule has 4 atom stereocenters. The van der Waals surface area contributed by atoms with Crippen molar-refractivity contribution in [3.05, 3.63) is 28.0 Å². The third-order valence-corrected chi connectivity index (χ3v) is 6.17. The van der Waals surface area contributed by atoms with E-state index in [9.17, 15) is 9.18 Å². The van der Waals surface area contributed by atoms with Crippen molar-refractivity contribution in [2.45, 2.75) is 26.2 Å². The van der Waals surface area contributed by atoms with Crippen LogP contribution in [0.2, 0.25) is 0 Å². The van der Waals surface area contributed by atoms with Gasteiger partial charge in [0.05, 0.1) is 4.47 Å². The van der Waals surface area contributed by atoms with Crippen molar-refractivity contribution >= 4 is 27.5 Å². The Morgan fingerprint density at radius 3 is 2.60 bits per heavy atom. The fourth-order valence-electron chi connectivity index (χ4n) is 4.67. The zero-order valence-corrected chi connectivity index (χ0v) is 12.9. The number of halogens is 2. The lowest BCUT2D eigenvalue weighted by Gasteiger charge is -2.12. The summed E-state index contributed by atoms with van der Waals surface area (Å²) in [6, 6.07) is 3.12. The number of aryl methyl sites for hydroxylation is 1. The number of amides is 1. The molecule has 3 aliphatic carbocycles. The van der Waals surface area contributed by atoms with Gasteiger partial charge in [-0.1, -0.05) is 0 Å². The number of rotatable bonds is 2. The van der Waals surface area contributed by atoms with Gasteiger partial charge in [-0.2, -0.15) is 0 Å². The number of carbonyl (C=O) groups excluding carboxylic acids is 1. The van der Waals surface area contributed by atoms with Gasteiger partial charge < -0.3 is 5.32 Å². The highest BCUT2D eigenvalue weighted by Gasteiger charge is 2.67. The Kier molecular flexibility index (Phi) is 2.75. The highest BCUT2D eigenvalue weighted by atomic mass is 79.9. The number of carbonyl (C=O) groups is 1. The molecule has 0 heterocycles. The summed E-state index contributed by atoms with van der Waals surface area (Å²) >= 11 is 3.16. The van der Waals surface area contributed by atoms with Crippen molar-refractivity contribution in [3.63, 3.8) is 0 Å². The van der Waals surface area contributed by atoms with Gasteiger partial charge in [-0.05, 0) is 83.5 Å². The smallest absolute Gasteiger partial charge is 0.228 e. The molecule has 3 aliphatic rings. The predicted octanol–water partition coefficient (Wildman–Crippen LogP) is 4.13. The second kappa shape index (κ2) is 4.30. The topological polar surface area (TPSA) is 29.1 Å². The minimum atomic E-state index is -0.332. The van der Waals surface area contributed by atoms with E-state index in [0.717, 1.165) is 17.4 Å². The van der Waals surface area contributed by atoms with Crippen LogP contribution in [0.1, 0.15) is 24.8 Å². The van der Waals surface area contributed by atoms with Crippen LogP contribution in [0, 0.1) is 42.3 Å². The van der Waals surface area contributed by atoms with E-state index in [2.05, 4.69) is 21.2 Å². The molecule has 3 fully saturated rings. The lowest BCUT2D eigenvalue weighted by molar-refractivity contribution is -0.118. The summed E-state index contributed by atoms with van der Waals surface area (Å²) in [5.74, 6) is 2.76. The largest absolute Gasteiger partial charge is 0.325 e. The lowest BCUT2D eigenvalue weighted by atomic mass is 10.0. The molecule has 4 unspecified atom stereocenters. The van der Waals surface area contributed by atoms with E-state index in [-0.39, 0.29) is 17.6 Å². The Morgan fingerprint density at radius 2 is 1.95 bits per heavy atom. The number of hydrogen-bond donors (Lipinski definition) is 1. The Morgan fingerprint density at radius 1 is 1.30 bits per heavy atom. The molecular weight excluding hydrogens is 321 g/mol. The molecule has 3 saturated carbocycles. The molecule has 2 bridgehead atoms. The maximum Gasteiger partial charge on any atom is 0.228 e. The standard InChI is InChI=1S/C16H17BrFNO/c1-7-4-10(17)11(18)6-12(7)19-16(20)15-13-8-2-3-9(5-8)14(13)15/h4,6,8-9,13-15H,2-3,5H2,1H3,(H,19,20). The zero-order chi connectivity index (χ0) is 14.0. The predicted molar refractivity (Wildman–Crippen MR) is 78.8 cm³/mol. The van der Waals surface area contributed by atoms with Gasteiger partial charge in [-0.15, -0.1) is 0 Å². The van der Waals surface area contributed by atoms with Crippen molar-refractivity contribution in [1.82, 2.24) is 0 Å². The summed E-state index contributed by atoms with van der Waals surface area (Å²) in [7, 11) is 0. The number of hydrogen-bond acceptors (Lipinski definition) is 1. The molecule has 0 aromatic heterocycles. The molecule has 0 saturated heterocycles. The van der Waals surface area contributed by atoms with Gasteiger partial charge in [0, 0.05) is 11.6 Å². The van der Waals surface area contributed by atoms with E-state index in [0.29, 0.717) is 22.0 Å². The van der Waals surface area contributed by atoms with Crippen LogP contribution in [-0.2, 0) is 4.79 Å². The lowest BCUT2D eigenvalue weighted by Crippen LogP contribution is -2.19. The monoisotopic (exact) mass is 337 g/mol. The minimum Gasteiger partial charge on any atom is -0.325 e. The molecule has 1 aromatic carbocycles. The van der Waals surface area contributed by atoms with Crippen molar-refractivity contribution in [2.24, 2.45) is 29.6 Å². The zero-order valence-electron chi connectivity index (χ0n) is 11.3. The minimum absolute atomic E-state index is 0.0985. The number of benzene rings is 1. The highest BCUT2D eigenvalue weighted by Crippen LogP contribution is 2.69. The molecule has 20 heavy (non-hydrogen) atoms. The SMILES string of the molecule is Cc1cc(Br)c(F)cc1NC(=O)C1C2C3CCC(C3)C12. The average molecular weight is 338 g/mol. The van der Waals surface area contributed by atoms with E-state index in [1.165, 1.54) is 25.3 Å². The molecular formula is C16H17BrFNO. The van der Waals surface area contributed by atoms with Crippen LogP contribution in [0.3, 0.4) is 0 Å². The fraction of sp³-hybridized carbons (Fsp3) is 0.562. The highest BCUT2D eigenvalue weighted by molar-refractivity contribution is 9.10. The normalized spacial score (nSPS) is 36.9. The van der Waals surface area contributed by atoms with Gasteiger partial charge in [0.2, 0.25) is 5.91 Å². The quantitative estimate of drug-likeness (QED) is 0.863. The summed E-state index contributed by atoms with van der Waals surface area (Å²) < 4.78 is 14.0. The first-order valence-corrected chi connectivity index (χ1v) is 8.12. The molecule has 0 aliphatic heterocycles. The van der Waals surface area contributed by atoms with E-state index in [1.54, 1.807) is 6.07 Å². The van der Waals surface area contributed by atoms with Gasteiger partial charge in [-0.25, -0.2) is 4.39 Å². The summed E-state index contributed by atoms with van der Waals surface area (Å²) in [6.07, 6.45) is 3.95. The first-order valence-electron chi connectivity index (χ1n) is 7.33. The summed E-state index contributed by atoms with van der Waals surface area (Å²) in [4.78, 5) is 12.4. The first-order chi connectivity index (χ1) is 9.56. The molecule has 0 spiro atoms. The van der Waals surface area contributed by atoms with Crippen molar-refractivity contribution in [3.8, 4) is 0 Å². The Labute approximate surface area is 126 Å². The van der Waals surface area contributed by atoms with E-state index >= 15 is 0 Å². The van der Waals surface area contributed by atoms with Crippen LogP contribution in [0.15, 0.2) is 16.6 Å². The third kappa shape index (κ3) is 1.77. The third-order valence-electron chi connectivity index (χ3n) is 5.56. The maximum atomic E-state index is 13.6. The van der Waals surface area contributed by atoms with Crippen LogP contribution < -0.4 is 5.32 Å².